The maximum atomic E-state index is 6.34. The largest absolute Gasteiger partial charge is 0.467 e. The van der Waals surface area contributed by atoms with Gasteiger partial charge in [0.2, 0.25) is 0 Å². The summed E-state index contributed by atoms with van der Waals surface area (Å²) < 4.78 is 5.53. The molecular weight excluding hydrogens is 246 g/mol. The van der Waals surface area contributed by atoms with Gasteiger partial charge in [-0.25, -0.2) is 0 Å². The zero-order valence-corrected chi connectivity index (χ0v) is 11.8. The van der Waals surface area contributed by atoms with Crippen molar-refractivity contribution < 1.29 is 4.42 Å². The Bertz CT molecular complexity index is 545. The second-order valence-electron chi connectivity index (χ2n) is 4.45. The first-order valence-corrected chi connectivity index (χ1v) is 6.55. The van der Waals surface area contributed by atoms with Crippen LogP contribution in [-0.4, -0.2) is 6.54 Å². The van der Waals surface area contributed by atoms with Crippen LogP contribution in [0.5, 0.6) is 0 Å². The number of hydrogen-bond donors (Lipinski definition) is 1. The lowest BCUT2D eigenvalue weighted by Gasteiger charge is -2.09. The van der Waals surface area contributed by atoms with Gasteiger partial charge >= 0.3 is 0 Å². The molecule has 1 heterocycles. The van der Waals surface area contributed by atoms with E-state index in [0.29, 0.717) is 0 Å². The van der Waals surface area contributed by atoms with Crippen molar-refractivity contribution in [3.63, 3.8) is 0 Å². The zero-order chi connectivity index (χ0) is 13.1. The van der Waals surface area contributed by atoms with Crippen molar-refractivity contribution in [1.82, 2.24) is 5.32 Å². The lowest BCUT2D eigenvalue weighted by Crippen LogP contribution is -2.11. The molecule has 18 heavy (non-hydrogen) atoms. The standard InChI is InChI=1S/C15H18ClNO/c1-4-17-9-15-12(5-6-18-15)13-7-10(2)11(3)8-14(13)16/h5-8,17H,4,9H2,1-3H3. The number of rotatable bonds is 4. The zero-order valence-electron chi connectivity index (χ0n) is 11.0. The smallest absolute Gasteiger partial charge is 0.125 e. The Morgan fingerprint density at radius 3 is 2.61 bits per heavy atom. The van der Waals surface area contributed by atoms with Crippen molar-refractivity contribution in [2.45, 2.75) is 27.3 Å². The summed E-state index contributed by atoms with van der Waals surface area (Å²) >= 11 is 6.34. The Kier molecular flexibility index (Phi) is 4.10. The van der Waals surface area contributed by atoms with E-state index in [4.69, 9.17) is 16.0 Å². The van der Waals surface area contributed by atoms with Gasteiger partial charge in [-0.1, -0.05) is 18.5 Å². The van der Waals surface area contributed by atoms with Crippen molar-refractivity contribution in [1.29, 1.82) is 0 Å². The Hall–Kier alpha value is -1.25. The first-order chi connectivity index (χ1) is 8.63. The van der Waals surface area contributed by atoms with E-state index in [1.807, 2.05) is 12.1 Å². The lowest BCUT2D eigenvalue weighted by atomic mass is 10.0. The van der Waals surface area contributed by atoms with Crippen LogP contribution < -0.4 is 5.32 Å². The Morgan fingerprint density at radius 2 is 1.89 bits per heavy atom. The molecular formula is C15H18ClNO. The molecule has 3 heteroatoms. The summed E-state index contributed by atoms with van der Waals surface area (Å²) in [4.78, 5) is 0. The molecule has 0 saturated carbocycles. The summed E-state index contributed by atoms with van der Waals surface area (Å²) in [5, 5.41) is 4.04. The van der Waals surface area contributed by atoms with E-state index in [1.54, 1.807) is 6.26 Å². The van der Waals surface area contributed by atoms with E-state index in [1.165, 1.54) is 11.1 Å². The van der Waals surface area contributed by atoms with Crippen LogP contribution >= 0.6 is 11.6 Å². The predicted octanol–water partition coefficient (Wildman–Crippen LogP) is 4.33. The van der Waals surface area contributed by atoms with Gasteiger partial charge in [0, 0.05) is 16.1 Å². The van der Waals surface area contributed by atoms with Crippen LogP contribution in [0.25, 0.3) is 11.1 Å². The fourth-order valence-corrected chi connectivity index (χ4v) is 2.26. The predicted molar refractivity (Wildman–Crippen MR) is 76.0 cm³/mol. The van der Waals surface area contributed by atoms with Gasteiger partial charge in [-0.05, 0) is 49.7 Å². The molecule has 2 nitrogen and oxygen atoms in total. The number of aryl methyl sites for hydroxylation is 2. The number of benzene rings is 1. The first-order valence-electron chi connectivity index (χ1n) is 6.17. The lowest BCUT2D eigenvalue weighted by molar-refractivity contribution is 0.489. The summed E-state index contributed by atoms with van der Waals surface area (Å²) in [7, 11) is 0. The highest BCUT2D eigenvalue weighted by molar-refractivity contribution is 6.33. The minimum atomic E-state index is 0.724. The van der Waals surface area contributed by atoms with Gasteiger partial charge in [-0.2, -0.15) is 0 Å². The molecule has 0 radical (unpaired) electrons. The van der Waals surface area contributed by atoms with Crippen LogP contribution in [0.15, 0.2) is 28.9 Å². The Morgan fingerprint density at radius 1 is 1.17 bits per heavy atom. The van der Waals surface area contributed by atoms with E-state index in [0.717, 1.165) is 35.0 Å². The molecule has 0 atom stereocenters. The van der Waals surface area contributed by atoms with Crippen LogP contribution in [0.3, 0.4) is 0 Å². The fraction of sp³-hybridized carbons (Fsp3) is 0.333. The topological polar surface area (TPSA) is 25.2 Å². The molecule has 96 valence electrons. The third-order valence-electron chi connectivity index (χ3n) is 3.15. The van der Waals surface area contributed by atoms with Gasteiger partial charge in [0.1, 0.15) is 5.76 Å². The van der Waals surface area contributed by atoms with Crippen molar-refractivity contribution in [2.75, 3.05) is 6.54 Å². The van der Waals surface area contributed by atoms with Crippen LogP contribution in [0.2, 0.25) is 5.02 Å². The fourth-order valence-electron chi connectivity index (χ4n) is 1.94. The Balaban J connectivity index is 2.42. The highest BCUT2D eigenvalue weighted by atomic mass is 35.5. The average molecular weight is 264 g/mol. The molecule has 0 spiro atoms. The van der Waals surface area contributed by atoms with E-state index < -0.39 is 0 Å². The van der Waals surface area contributed by atoms with Crippen molar-refractivity contribution in [2.24, 2.45) is 0 Å². The highest BCUT2D eigenvalue weighted by Crippen LogP contribution is 2.33. The molecule has 1 N–H and O–H groups in total. The maximum Gasteiger partial charge on any atom is 0.125 e. The highest BCUT2D eigenvalue weighted by Gasteiger charge is 2.12. The second kappa shape index (κ2) is 5.59. The van der Waals surface area contributed by atoms with Crippen LogP contribution in [0.1, 0.15) is 23.8 Å². The van der Waals surface area contributed by atoms with Crippen LogP contribution in [-0.2, 0) is 6.54 Å². The maximum absolute atomic E-state index is 6.34. The summed E-state index contributed by atoms with van der Waals surface area (Å²) in [6, 6.07) is 6.11. The van der Waals surface area contributed by atoms with Crippen molar-refractivity contribution in [3.05, 3.63) is 46.4 Å². The number of furan rings is 1. The first kappa shape index (κ1) is 13.2. The van der Waals surface area contributed by atoms with Gasteiger partial charge in [-0.3, -0.25) is 0 Å². The third kappa shape index (κ3) is 2.60. The molecule has 2 rings (SSSR count). The number of hydrogen-bond acceptors (Lipinski definition) is 2. The second-order valence-corrected chi connectivity index (χ2v) is 4.86. The quantitative estimate of drug-likeness (QED) is 0.888. The van der Waals surface area contributed by atoms with Crippen molar-refractivity contribution in [3.8, 4) is 11.1 Å². The van der Waals surface area contributed by atoms with Gasteiger partial charge in [0.15, 0.2) is 0 Å². The minimum absolute atomic E-state index is 0.724. The molecule has 0 fully saturated rings. The van der Waals surface area contributed by atoms with E-state index in [9.17, 15) is 0 Å². The molecule has 0 aliphatic rings. The van der Waals surface area contributed by atoms with Gasteiger partial charge in [0.05, 0.1) is 12.8 Å². The molecule has 1 aromatic heterocycles. The molecule has 0 amide bonds. The monoisotopic (exact) mass is 263 g/mol. The van der Waals surface area contributed by atoms with E-state index in [2.05, 4.69) is 32.2 Å². The van der Waals surface area contributed by atoms with E-state index >= 15 is 0 Å². The molecule has 1 aromatic carbocycles. The third-order valence-corrected chi connectivity index (χ3v) is 3.47. The van der Waals surface area contributed by atoms with E-state index in [-0.39, 0.29) is 0 Å². The normalized spacial score (nSPS) is 10.9. The number of halogens is 1. The molecule has 0 bridgehead atoms. The van der Waals surface area contributed by atoms with Crippen molar-refractivity contribution >= 4 is 11.6 Å². The average Bonchev–Trinajstić information content (AvgIpc) is 2.79. The van der Waals surface area contributed by atoms with Gasteiger partial charge in [-0.15, -0.1) is 0 Å². The molecule has 0 unspecified atom stereocenters. The molecule has 0 saturated heterocycles. The summed E-state index contributed by atoms with van der Waals surface area (Å²) in [5.74, 6) is 0.932. The summed E-state index contributed by atoms with van der Waals surface area (Å²) in [5.41, 5.74) is 4.57. The number of nitrogens with one attached hydrogen (secondary N) is 1. The molecule has 0 aliphatic carbocycles. The van der Waals surface area contributed by atoms with Gasteiger partial charge in [0.25, 0.3) is 0 Å². The molecule has 2 aromatic rings. The summed E-state index contributed by atoms with van der Waals surface area (Å²) in [6.07, 6.45) is 1.72. The Labute approximate surface area is 113 Å². The van der Waals surface area contributed by atoms with Crippen LogP contribution in [0, 0.1) is 13.8 Å². The summed E-state index contributed by atoms with van der Waals surface area (Å²) in [6.45, 7) is 7.88. The minimum Gasteiger partial charge on any atom is -0.467 e. The molecule has 0 aliphatic heterocycles. The van der Waals surface area contributed by atoms with Gasteiger partial charge < -0.3 is 9.73 Å². The van der Waals surface area contributed by atoms with Crippen LogP contribution in [0.4, 0.5) is 0 Å². The SMILES string of the molecule is CCNCc1occc1-c1cc(C)c(C)cc1Cl.